The smallest absolute Gasteiger partial charge is 0.194 e. The van der Waals surface area contributed by atoms with Gasteiger partial charge in [0.05, 0.1) is 12.3 Å². The van der Waals surface area contributed by atoms with Gasteiger partial charge in [-0.1, -0.05) is 65.2 Å². The highest BCUT2D eigenvalue weighted by Crippen LogP contribution is 2.26. The Labute approximate surface area is 180 Å². The fourth-order valence-electron chi connectivity index (χ4n) is 3.62. The Kier molecular flexibility index (Phi) is 9.07. The molecule has 4 heteroatoms. The summed E-state index contributed by atoms with van der Waals surface area (Å²) in [5.41, 5.74) is 2.19. The molecule has 0 spiro atoms. The normalized spacial score (nSPS) is 11.4. The van der Waals surface area contributed by atoms with Crippen molar-refractivity contribution in [2.45, 2.75) is 84.5 Å². The second kappa shape index (κ2) is 12.0. The SMILES string of the molecule is CCCCCCCOc1ccc(-c2cn3cc(CCCCCCC)sc3n2)cc1. The number of nitrogens with zero attached hydrogens (tertiary/aromatic N) is 2. The zero-order chi connectivity index (χ0) is 20.3. The van der Waals surface area contributed by atoms with E-state index in [1.807, 2.05) is 11.3 Å². The molecule has 1 aromatic carbocycles. The molecule has 0 bridgehead atoms. The third-order valence-electron chi connectivity index (χ3n) is 5.40. The van der Waals surface area contributed by atoms with Crippen molar-refractivity contribution in [3.8, 4) is 17.0 Å². The Balaban J connectivity index is 1.48. The van der Waals surface area contributed by atoms with Crippen molar-refractivity contribution in [2.75, 3.05) is 6.61 Å². The van der Waals surface area contributed by atoms with Crippen LogP contribution in [0.1, 0.15) is 82.9 Å². The summed E-state index contributed by atoms with van der Waals surface area (Å²) < 4.78 is 8.06. The quantitative estimate of drug-likeness (QED) is 0.251. The van der Waals surface area contributed by atoms with Crippen molar-refractivity contribution in [3.63, 3.8) is 0 Å². The first-order chi connectivity index (χ1) is 14.3. The molecule has 0 radical (unpaired) electrons. The summed E-state index contributed by atoms with van der Waals surface area (Å²) in [5, 5.41) is 0. The number of rotatable bonds is 14. The maximum Gasteiger partial charge on any atom is 0.194 e. The monoisotopic (exact) mass is 412 g/mol. The van der Waals surface area contributed by atoms with E-state index in [0.717, 1.165) is 35.0 Å². The van der Waals surface area contributed by atoms with Gasteiger partial charge >= 0.3 is 0 Å². The van der Waals surface area contributed by atoms with Crippen LogP contribution in [0, 0.1) is 0 Å². The van der Waals surface area contributed by atoms with Crippen molar-refractivity contribution >= 4 is 16.3 Å². The molecule has 0 N–H and O–H groups in total. The van der Waals surface area contributed by atoms with Crippen LogP contribution in [0.4, 0.5) is 0 Å². The van der Waals surface area contributed by atoms with Gasteiger partial charge in [-0.05, 0) is 43.5 Å². The molecule has 2 aromatic heterocycles. The molecule has 158 valence electrons. The Hall–Kier alpha value is -1.81. The summed E-state index contributed by atoms with van der Waals surface area (Å²) in [6.45, 7) is 5.32. The van der Waals surface area contributed by atoms with E-state index in [1.165, 1.54) is 69.1 Å². The van der Waals surface area contributed by atoms with E-state index < -0.39 is 0 Å². The summed E-state index contributed by atoms with van der Waals surface area (Å²) >= 11 is 1.83. The summed E-state index contributed by atoms with van der Waals surface area (Å²) in [4.78, 5) is 7.37. The minimum atomic E-state index is 0.810. The molecule has 0 atom stereocenters. The molecule has 29 heavy (non-hydrogen) atoms. The van der Waals surface area contributed by atoms with Gasteiger partial charge in [-0.15, -0.1) is 11.3 Å². The first-order valence-electron chi connectivity index (χ1n) is 11.5. The average Bonchev–Trinajstić information content (AvgIpc) is 3.30. The molecule has 0 aliphatic rings. The van der Waals surface area contributed by atoms with Crippen LogP contribution in [-0.2, 0) is 6.42 Å². The largest absolute Gasteiger partial charge is 0.494 e. The van der Waals surface area contributed by atoms with E-state index >= 15 is 0 Å². The van der Waals surface area contributed by atoms with E-state index in [4.69, 9.17) is 9.72 Å². The Morgan fingerprint density at radius 1 is 0.828 bits per heavy atom. The molecule has 0 aliphatic heterocycles. The van der Waals surface area contributed by atoms with Gasteiger partial charge in [0.2, 0.25) is 0 Å². The van der Waals surface area contributed by atoms with Gasteiger partial charge in [0.15, 0.2) is 4.96 Å². The number of hydrogen-bond acceptors (Lipinski definition) is 3. The number of aromatic nitrogens is 2. The molecular weight excluding hydrogens is 376 g/mol. The van der Waals surface area contributed by atoms with Crippen LogP contribution in [0.2, 0.25) is 0 Å². The minimum Gasteiger partial charge on any atom is -0.494 e. The van der Waals surface area contributed by atoms with Crippen LogP contribution in [-0.4, -0.2) is 16.0 Å². The molecule has 3 aromatic rings. The third kappa shape index (κ3) is 6.88. The lowest BCUT2D eigenvalue weighted by Crippen LogP contribution is -1.97. The number of unbranched alkanes of at least 4 members (excludes halogenated alkanes) is 8. The highest BCUT2D eigenvalue weighted by molar-refractivity contribution is 7.17. The number of ether oxygens (including phenoxy) is 1. The summed E-state index contributed by atoms with van der Waals surface area (Å²) in [7, 11) is 0. The minimum absolute atomic E-state index is 0.810. The van der Waals surface area contributed by atoms with Gasteiger partial charge in [0.25, 0.3) is 0 Å². The molecule has 0 unspecified atom stereocenters. The van der Waals surface area contributed by atoms with Gasteiger partial charge in [-0.25, -0.2) is 4.98 Å². The van der Waals surface area contributed by atoms with Crippen LogP contribution in [0.15, 0.2) is 36.7 Å². The van der Waals surface area contributed by atoms with E-state index in [2.05, 4.69) is 54.9 Å². The zero-order valence-corrected chi connectivity index (χ0v) is 19.0. The van der Waals surface area contributed by atoms with Gasteiger partial charge in [-0.2, -0.15) is 0 Å². The number of hydrogen-bond donors (Lipinski definition) is 0. The molecule has 0 saturated heterocycles. The Morgan fingerprint density at radius 2 is 1.52 bits per heavy atom. The molecule has 3 nitrogen and oxygen atoms in total. The predicted octanol–water partition coefficient (Wildman–Crippen LogP) is 7.92. The summed E-state index contributed by atoms with van der Waals surface area (Å²) in [5.74, 6) is 0.954. The second-order valence-electron chi connectivity index (χ2n) is 7.96. The molecule has 0 aliphatic carbocycles. The molecule has 0 fully saturated rings. The van der Waals surface area contributed by atoms with Gasteiger partial charge < -0.3 is 4.74 Å². The molecule has 0 amide bonds. The van der Waals surface area contributed by atoms with Crippen molar-refractivity contribution < 1.29 is 4.74 Å². The molecule has 3 rings (SSSR count). The van der Waals surface area contributed by atoms with Crippen LogP contribution >= 0.6 is 11.3 Å². The van der Waals surface area contributed by atoms with Crippen LogP contribution in [0.3, 0.4) is 0 Å². The number of imidazole rings is 1. The maximum absolute atomic E-state index is 5.88. The van der Waals surface area contributed by atoms with E-state index in [9.17, 15) is 0 Å². The highest BCUT2D eigenvalue weighted by atomic mass is 32.1. The van der Waals surface area contributed by atoms with Crippen LogP contribution in [0.5, 0.6) is 5.75 Å². The fourth-order valence-corrected chi connectivity index (χ4v) is 4.62. The molecule has 2 heterocycles. The van der Waals surface area contributed by atoms with Crippen LogP contribution in [0.25, 0.3) is 16.2 Å². The first-order valence-corrected chi connectivity index (χ1v) is 12.3. The van der Waals surface area contributed by atoms with E-state index in [1.54, 1.807) is 0 Å². The van der Waals surface area contributed by atoms with Crippen molar-refractivity contribution in [1.82, 2.24) is 9.38 Å². The Bertz CT molecular complexity index is 803. The highest BCUT2D eigenvalue weighted by Gasteiger charge is 2.08. The lowest BCUT2D eigenvalue weighted by atomic mass is 10.1. The lowest BCUT2D eigenvalue weighted by Gasteiger charge is -2.06. The van der Waals surface area contributed by atoms with Crippen molar-refractivity contribution in [3.05, 3.63) is 41.5 Å². The predicted molar refractivity (Wildman–Crippen MR) is 125 cm³/mol. The zero-order valence-electron chi connectivity index (χ0n) is 18.2. The van der Waals surface area contributed by atoms with Crippen molar-refractivity contribution in [2.24, 2.45) is 0 Å². The molecule has 0 saturated carbocycles. The summed E-state index contributed by atoms with van der Waals surface area (Å²) in [6.07, 6.45) is 18.6. The lowest BCUT2D eigenvalue weighted by molar-refractivity contribution is 0.304. The van der Waals surface area contributed by atoms with Gasteiger partial charge in [0, 0.05) is 22.8 Å². The maximum atomic E-state index is 5.88. The third-order valence-corrected chi connectivity index (χ3v) is 6.45. The summed E-state index contributed by atoms with van der Waals surface area (Å²) in [6, 6.07) is 8.37. The van der Waals surface area contributed by atoms with E-state index in [-0.39, 0.29) is 0 Å². The fraction of sp³-hybridized carbons (Fsp3) is 0.560. The number of thiazole rings is 1. The number of fused-ring (bicyclic) bond motifs is 1. The first kappa shape index (κ1) is 21.9. The topological polar surface area (TPSA) is 26.5 Å². The second-order valence-corrected chi connectivity index (χ2v) is 9.06. The number of benzene rings is 1. The molecular formula is C25H36N2OS. The van der Waals surface area contributed by atoms with Gasteiger partial charge in [0.1, 0.15) is 5.75 Å². The van der Waals surface area contributed by atoms with E-state index in [0.29, 0.717) is 0 Å². The van der Waals surface area contributed by atoms with Gasteiger partial charge in [-0.3, -0.25) is 4.40 Å². The number of aryl methyl sites for hydroxylation is 1. The Morgan fingerprint density at radius 3 is 2.21 bits per heavy atom. The standard InChI is InChI=1S/C25H36N2OS/c1-3-5-7-9-11-13-23-19-27-20-24(26-25(27)29-23)21-14-16-22(17-15-21)28-18-12-10-8-6-4-2/h14-17,19-20H,3-13,18H2,1-2H3. The van der Waals surface area contributed by atoms with Crippen molar-refractivity contribution in [1.29, 1.82) is 0 Å². The average molecular weight is 413 g/mol. The van der Waals surface area contributed by atoms with Crippen LogP contribution < -0.4 is 4.74 Å².